The van der Waals surface area contributed by atoms with E-state index in [1.54, 1.807) is 0 Å². The first-order chi connectivity index (χ1) is 5.88. The van der Waals surface area contributed by atoms with Gasteiger partial charge in [-0.15, -0.1) is 0 Å². The summed E-state index contributed by atoms with van der Waals surface area (Å²) in [5.74, 6) is 0. The topological polar surface area (TPSA) is 16.1 Å². The lowest BCUT2D eigenvalue weighted by Crippen LogP contribution is -2.18. The number of aromatic nitrogens is 1. The molecule has 0 spiro atoms. The average Bonchev–Trinajstić information content (AvgIpc) is 2.57. The van der Waals surface area contributed by atoms with Crippen molar-refractivity contribution in [3.05, 3.63) is 24.0 Å². The molecule has 2 heterocycles. The Morgan fingerprint density at radius 3 is 2.83 bits per heavy atom. The molecule has 63 valence electrons. The van der Waals surface area contributed by atoms with E-state index >= 15 is 0 Å². The molecule has 1 aliphatic rings. The number of hydrogen-bond acceptors (Lipinski definition) is 2. The first-order valence-electron chi connectivity index (χ1n) is 4.46. The summed E-state index contributed by atoms with van der Waals surface area (Å²) >= 11 is 0. The van der Waals surface area contributed by atoms with E-state index in [0.29, 0.717) is 0 Å². The van der Waals surface area contributed by atoms with Crippen LogP contribution in [0, 0.1) is 13.1 Å². The van der Waals surface area contributed by atoms with Gasteiger partial charge < -0.3 is 4.90 Å². The minimum absolute atomic E-state index is 1.17. The molecule has 1 aromatic heterocycles. The van der Waals surface area contributed by atoms with E-state index in [1.165, 1.54) is 37.2 Å². The lowest BCUT2D eigenvalue weighted by Gasteiger charge is -2.18. The predicted molar refractivity (Wildman–Crippen MR) is 49.3 cm³/mol. The number of anilines is 1. The molecule has 0 amide bonds. The van der Waals surface area contributed by atoms with Gasteiger partial charge in [0.15, 0.2) is 0 Å². The molecule has 2 heteroatoms. The second-order valence-electron chi connectivity index (χ2n) is 3.26. The zero-order chi connectivity index (χ0) is 8.39. The summed E-state index contributed by atoms with van der Waals surface area (Å²) in [6, 6.07) is 2.08. The molecule has 1 aliphatic heterocycles. The average molecular weight is 161 g/mol. The second-order valence-corrected chi connectivity index (χ2v) is 3.26. The molecule has 1 radical (unpaired) electrons. The quantitative estimate of drug-likeness (QED) is 0.624. The maximum Gasteiger partial charge on any atom is 0.0939 e. The van der Waals surface area contributed by atoms with Crippen LogP contribution in [0.15, 0.2) is 12.3 Å². The van der Waals surface area contributed by atoms with E-state index in [9.17, 15) is 0 Å². The van der Waals surface area contributed by atoms with Gasteiger partial charge in [-0.1, -0.05) is 0 Å². The van der Waals surface area contributed by atoms with Gasteiger partial charge in [-0.3, -0.25) is 4.98 Å². The molecule has 0 atom stereocenters. The highest BCUT2D eigenvalue weighted by Crippen LogP contribution is 2.22. The Hall–Kier alpha value is -1.05. The summed E-state index contributed by atoms with van der Waals surface area (Å²) < 4.78 is 0. The molecule has 0 aromatic carbocycles. The zero-order valence-corrected chi connectivity index (χ0v) is 7.38. The molecule has 1 saturated heterocycles. The lowest BCUT2D eigenvalue weighted by molar-refractivity contribution is 0.949. The van der Waals surface area contributed by atoms with Crippen molar-refractivity contribution in [2.45, 2.75) is 19.8 Å². The summed E-state index contributed by atoms with van der Waals surface area (Å²) in [6.07, 6.45) is 7.45. The van der Waals surface area contributed by atoms with Crippen molar-refractivity contribution >= 4 is 5.69 Å². The molecule has 1 fully saturated rings. The van der Waals surface area contributed by atoms with Crippen molar-refractivity contribution in [2.75, 3.05) is 18.0 Å². The monoisotopic (exact) mass is 161 g/mol. The van der Waals surface area contributed by atoms with Gasteiger partial charge in [0.25, 0.3) is 0 Å². The van der Waals surface area contributed by atoms with Crippen LogP contribution in [-0.4, -0.2) is 18.1 Å². The van der Waals surface area contributed by atoms with Crippen molar-refractivity contribution in [2.24, 2.45) is 0 Å². The third kappa shape index (κ3) is 1.29. The maximum atomic E-state index is 3.96. The summed E-state index contributed by atoms with van der Waals surface area (Å²) in [4.78, 5) is 6.37. The largest absolute Gasteiger partial charge is 0.371 e. The molecular formula is C10H13N2. The van der Waals surface area contributed by atoms with Crippen LogP contribution in [0.3, 0.4) is 0 Å². The van der Waals surface area contributed by atoms with E-state index in [-0.39, 0.29) is 0 Å². The van der Waals surface area contributed by atoms with Crippen LogP contribution in [0.1, 0.15) is 18.4 Å². The fraction of sp³-hybridized carbons (Fsp3) is 0.500. The Labute approximate surface area is 73.2 Å². The summed E-state index contributed by atoms with van der Waals surface area (Å²) in [5.41, 5.74) is 2.47. The third-order valence-electron chi connectivity index (χ3n) is 2.37. The van der Waals surface area contributed by atoms with Crippen LogP contribution in [0.25, 0.3) is 0 Å². The van der Waals surface area contributed by atoms with Crippen molar-refractivity contribution < 1.29 is 0 Å². The van der Waals surface area contributed by atoms with E-state index in [2.05, 4.69) is 29.1 Å². The minimum atomic E-state index is 1.17. The zero-order valence-electron chi connectivity index (χ0n) is 7.38. The summed E-state index contributed by atoms with van der Waals surface area (Å²) in [6.45, 7) is 4.46. The van der Waals surface area contributed by atoms with Gasteiger partial charge in [-0.05, 0) is 25.8 Å². The fourth-order valence-corrected chi connectivity index (χ4v) is 1.72. The van der Waals surface area contributed by atoms with Crippen molar-refractivity contribution in [3.8, 4) is 0 Å². The standard InChI is InChI=1S/C10H13N2/c1-9-8-11-5-4-10(9)12-6-2-3-7-12/h4-5H,2-3,6-7H2,1H3. The Kier molecular flexibility index (Phi) is 1.98. The highest BCUT2D eigenvalue weighted by Gasteiger charge is 2.13. The van der Waals surface area contributed by atoms with Crippen LogP contribution in [0.4, 0.5) is 5.69 Å². The first kappa shape index (κ1) is 7.59. The van der Waals surface area contributed by atoms with E-state index < -0.39 is 0 Å². The van der Waals surface area contributed by atoms with Crippen LogP contribution < -0.4 is 4.90 Å². The van der Waals surface area contributed by atoms with E-state index in [1.807, 2.05) is 6.20 Å². The molecule has 0 aliphatic carbocycles. The number of rotatable bonds is 1. The molecule has 0 bridgehead atoms. The SMILES string of the molecule is Cc1[c]nccc1N1CCCC1. The Morgan fingerprint density at radius 2 is 2.17 bits per heavy atom. The van der Waals surface area contributed by atoms with Crippen LogP contribution in [0.2, 0.25) is 0 Å². The third-order valence-corrected chi connectivity index (χ3v) is 2.37. The van der Waals surface area contributed by atoms with Crippen molar-refractivity contribution in [3.63, 3.8) is 0 Å². The molecule has 0 unspecified atom stereocenters. The predicted octanol–water partition coefficient (Wildman–Crippen LogP) is 1.79. The molecule has 2 nitrogen and oxygen atoms in total. The van der Waals surface area contributed by atoms with Gasteiger partial charge in [-0.25, -0.2) is 0 Å². The smallest absolute Gasteiger partial charge is 0.0939 e. The highest BCUT2D eigenvalue weighted by molar-refractivity contribution is 5.51. The molecule has 12 heavy (non-hydrogen) atoms. The Balaban J connectivity index is 2.26. The van der Waals surface area contributed by atoms with Gasteiger partial charge in [0.1, 0.15) is 0 Å². The Bertz CT molecular complexity index is 264. The van der Waals surface area contributed by atoms with E-state index in [0.717, 1.165) is 0 Å². The minimum Gasteiger partial charge on any atom is -0.371 e. The van der Waals surface area contributed by atoms with Crippen molar-refractivity contribution in [1.29, 1.82) is 0 Å². The van der Waals surface area contributed by atoms with Crippen LogP contribution >= 0.6 is 0 Å². The van der Waals surface area contributed by atoms with Crippen molar-refractivity contribution in [1.82, 2.24) is 4.98 Å². The number of pyridine rings is 1. The number of aryl methyl sites for hydroxylation is 1. The summed E-state index contributed by atoms with van der Waals surface area (Å²) in [7, 11) is 0. The first-order valence-corrected chi connectivity index (χ1v) is 4.46. The molecule has 1 aromatic rings. The molecule has 2 rings (SSSR count). The van der Waals surface area contributed by atoms with Gasteiger partial charge in [0.2, 0.25) is 0 Å². The second kappa shape index (κ2) is 3.13. The van der Waals surface area contributed by atoms with E-state index in [4.69, 9.17) is 0 Å². The molecule has 0 N–H and O–H groups in total. The highest BCUT2D eigenvalue weighted by atomic mass is 15.1. The lowest BCUT2D eigenvalue weighted by atomic mass is 10.2. The number of hydrogen-bond donors (Lipinski definition) is 0. The Morgan fingerprint density at radius 1 is 1.42 bits per heavy atom. The fourth-order valence-electron chi connectivity index (χ4n) is 1.72. The summed E-state index contributed by atoms with van der Waals surface area (Å²) in [5, 5.41) is 0. The van der Waals surface area contributed by atoms with Gasteiger partial charge >= 0.3 is 0 Å². The normalized spacial score (nSPS) is 16.9. The molecule has 0 saturated carbocycles. The maximum absolute atomic E-state index is 3.96. The van der Waals surface area contributed by atoms with Crippen LogP contribution in [-0.2, 0) is 0 Å². The van der Waals surface area contributed by atoms with Gasteiger partial charge in [0.05, 0.1) is 6.20 Å². The molecular weight excluding hydrogens is 148 g/mol. The van der Waals surface area contributed by atoms with Gasteiger partial charge in [0, 0.05) is 30.5 Å². The van der Waals surface area contributed by atoms with Gasteiger partial charge in [-0.2, -0.15) is 0 Å². The van der Waals surface area contributed by atoms with Crippen LogP contribution in [0.5, 0.6) is 0 Å². The number of nitrogens with zero attached hydrogens (tertiary/aromatic N) is 2.